The summed E-state index contributed by atoms with van der Waals surface area (Å²) in [5, 5.41) is 1.98. The highest BCUT2D eigenvalue weighted by Crippen LogP contribution is 2.31. The first-order chi connectivity index (χ1) is 13.8. The lowest BCUT2D eigenvalue weighted by Gasteiger charge is -2.20. The number of ether oxygens (including phenoxy) is 2. The molecule has 138 valence electrons. The Hall–Kier alpha value is -3.59. The second-order valence-electron chi connectivity index (χ2n) is 6.51. The zero-order valence-electron chi connectivity index (χ0n) is 15.5. The minimum atomic E-state index is -0.494. The molecule has 0 heterocycles. The number of hydrogen-bond donors (Lipinski definition) is 0. The van der Waals surface area contributed by atoms with Crippen molar-refractivity contribution in [3.05, 3.63) is 114 Å². The van der Waals surface area contributed by atoms with Crippen molar-refractivity contribution >= 4 is 16.7 Å². The van der Waals surface area contributed by atoms with Crippen molar-refractivity contribution in [3.8, 4) is 5.75 Å². The van der Waals surface area contributed by atoms with Gasteiger partial charge in [-0.1, -0.05) is 84.9 Å². The number of rotatable bonds is 5. The van der Waals surface area contributed by atoms with Crippen LogP contribution in [0.3, 0.4) is 0 Å². The Labute approximate surface area is 164 Å². The molecule has 0 aliphatic carbocycles. The van der Waals surface area contributed by atoms with Crippen LogP contribution in [0.15, 0.2) is 97.1 Å². The van der Waals surface area contributed by atoms with Gasteiger partial charge in [0.2, 0.25) is 0 Å². The van der Waals surface area contributed by atoms with E-state index in [1.54, 1.807) is 7.11 Å². The molecule has 4 aromatic carbocycles. The van der Waals surface area contributed by atoms with Crippen LogP contribution in [0.1, 0.15) is 27.6 Å². The summed E-state index contributed by atoms with van der Waals surface area (Å²) in [6.07, 6.45) is -0.494. The van der Waals surface area contributed by atoms with Gasteiger partial charge >= 0.3 is 5.97 Å². The summed E-state index contributed by atoms with van der Waals surface area (Å²) >= 11 is 0. The zero-order chi connectivity index (χ0) is 19.3. The van der Waals surface area contributed by atoms with E-state index < -0.39 is 12.1 Å². The van der Waals surface area contributed by atoms with Crippen LogP contribution in [-0.2, 0) is 4.74 Å². The van der Waals surface area contributed by atoms with Gasteiger partial charge in [0, 0.05) is 0 Å². The van der Waals surface area contributed by atoms with Crippen molar-refractivity contribution in [1.29, 1.82) is 0 Å². The Bertz CT molecular complexity index is 1050. The maximum absolute atomic E-state index is 13.1. The van der Waals surface area contributed by atoms with Crippen LogP contribution in [0, 0.1) is 0 Å². The van der Waals surface area contributed by atoms with Gasteiger partial charge in [-0.3, -0.25) is 0 Å². The maximum atomic E-state index is 13.1. The number of methoxy groups -OCH3 is 1. The van der Waals surface area contributed by atoms with Gasteiger partial charge in [0.15, 0.2) is 6.10 Å². The van der Waals surface area contributed by atoms with Crippen molar-refractivity contribution in [2.45, 2.75) is 6.10 Å². The zero-order valence-corrected chi connectivity index (χ0v) is 15.5. The summed E-state index contributed by atoms with van der Waals surface area (Å²) in [7, 11) is 1.56. The third kappa shape index (κ3) is 3.60. The summed E-state index contributed by atoms with van der Waals surface area (Å²) in [5.74, 6) is 0.0869. The van der Waals surface area contributed by atoms with Gasteiger partial charge in [0.05, 0.1) is 7.11 Å². The number of hydrogen-bond acceptors (Lipinski definition) is 3. The third-order valence-electron chi connectivity index (χ3n) is 4.72. The molecular formula is C25H20O3. The van der Waals surface area contributed by atoms with Crippen LogP contribution in [0.4, 0.5) is 0 Å². The molecule has 28 heavy (non-hydrogen) atoms. The molecule has 0 atom stereocenters. The van der Waals surface area contributed by atoms with Crippen LogP contribution >= 0.6 is 0 Å². The second kappa shape index (κ2) is 7.97. The summed E-state index contributed by atoms with van der Waals surface area (Å²) in [6, 6.07) is 31.0. The molecule has 0 fully saturated rings. The molecule has 4 aromatic rings. The van der Waals surface area contributed by atoms with E-state index in [9.17, 15) is 4.79 Å². The Kier molecular flexibility index (Phi) is 5.07. The molecule has 0 saturated heterocycles. The van der Waals surface area contributed by atoms with Gasteiger partial charge in [-0.15, -0.1) is 0 Å². The van der Waals surface area contributed by atoms with Gasteiger partial charge in [0.25, 0.3) is 0 Å². The van der Waals surface area contributed by atoms with Gasteiger partial charge in [-0.05, 0) is 34.0 Å². The van der Waals surface area contributed by atoms with Crippen molar-refractivity contribution in [2.24, 2.45) is 0 Å². The number of carbonyl (C=O) groups is 1. The lowest BCUT2D eigenvalue weighted by Crippen LogP contribution is -2.14. The molecule has 0 aromatic heterocycles. The van der Waals surface area contributed by atoms with E-state index in [2.05, 4.69) is 0 Å². The number of esters is 1. The minimum Gasteiger partial charge on any atom is -0.496 e. The van der Waals surface area contributed by atoms with E-state index in [1.807, 2.05) is 97.1 Å². The monoisotopic (exact) mass is 368 g/mol. The van der Waals surface area contributed by atoms with Crippen LogP contribution in [0.25, 0.3) is 10.8 Å². The lowest BCUT2D eigenvalue weighted by molar-refractivity contribution is 0.0375. The van der Waals surface area contributed by atoms with Crippen molar-refractivity contribution < 1.29 is 14.3 Å². The third-order valence-corrected chi connectivity index (χ3v) is 4.72. The normalized spacial score (nSPS) is 10.8. The van der Waals surface area contributed by atoms with Gasteiger partial charge in [0.1, 0.15) is 11.3 Å². The summed E-state index contributed by atoms with van der Waals surface area (Å²) in [5.41, 5.74) is 2.25. The molecule has 4 rings (SSSR count). The fraction of sp³-hybridized carbons (Fsp3) is 0.0800. The summed E-state index contributed by atoms with van der Waals surface area (Å²) < 4.78 is 11.4. The number of carbonyl (C=O) groups excluding carboxylic acids is 1. The van der Waals surface area contributed by atoms with Gasteiger partial charge in [-0.25, -0.2) is 4.79 Å². The lowest BCUT2D eigenvalue weighted by atomic mass is 10.0. The average molecular weight is 368 g/mol. The SMILES string of the molecule is COc1cc2ccccc2cc1C(=O)OC(c1ccccc1)c1ccccc1. The molecule has 0 aliphatic heterocycles. The number of fused-ring (bicyclic) bond motifs is 1. The predicted octanol–water partition coefficient (Wildman–Crippen LogP) is 5.79. The van der Waals surface area contributed by atoms with Crippen LogP contribution in [-0.4, -0.2) is 13.1 Å². The minimum absolute atomic E-state index is 0.415. The molecular weight excluding hydrogens is 348 g/mol. The van der Waals surface area contributed by atoms with Crippen LogP contribution in [0.2, 0.25) is 0 Å². The quantitative estimate of drug-likeness (QED) is 0.418. The molecule has 0 radical (unpaired) electrons. The molecule has 3 heteroatoms. The molecule has 0 amide bonds. The Morgan fingerprint density at radius 2 is 1.21 bits per heavy atom. The van der Waals surface area contributed by atoms with Crippen molar-refractivity contribution in [3.63, 3.8) is 0 Å². The fourth-order valence-electron chi connectivity index (χ4n) is 3.30. The largest absolute Gasteiger partial charge is 0.496 e. The first-order valence-electron chi connectivity index (χ1n) is 9.14. The van der Waals surface area contributed by atoms with E-state index in [0.717, 1.165) is 21.9 Å². The molecule has 0 spiro atoms. The molecule has 0 unspecified atom stereocenters. The first-order valence-corrected chi connectivity index (χ1v) is 9.14. The highest BCUT2D eigenvalue weighted by Gasteiger charge is 2.22. The molecule has 0 bridgehead atoms. The van der Waals surface area contributed by atoms with Crippen LogP contribution in [0.5, 0.6) is 5.75 Å². The first kappa shape index (κ1) is 17.8. The van der Waals surface area contributed by atoms with E-state index in [-0.39, 0.29) is 0 Å². The van der Waals surface area contributed by atoms with E-state index in [4.69, 9.17) is 9.47 Å². The number of benzene rings is 4. The molecule has 0 N–H and O–H groups in total. The van der Waals surface area contributed by atoms with Crippen molar-refractivity contribution in [1.82, 2.24) is 0 Å². The topological polar surface area (TPSA) is 35.5 Å². The molecule has 3 nitrogen and oxygen atoms in total. The average Bonchev–Trinajstić information content (AvgIpc) is 2.77. The Morgan fingerprint density at radius 1 is 0.714 bits per heavy atom. The fourth-order valence-corrected chi connectivity index (χ4v) is 3.30. The highest BCUT2D eigenvalue weighted by molar-refractivity contribution is 5.98. The van der Waals surface area contributed by atoms with E-state index >= 15 is 0 Å². The second-order valence-corrected chi connectivity index (χ2v) is 6.51. The summed E-state index contributed by atoms with van der Waals surface area (Å²) in [4.78, 5) is 13.1. The highest BCUT2D eigenvalue weighted by atomic mass is 16.5. The Balaban J connectivity index is 1.73. The van der Waals surface area contributed by atoms with E-state index in [0.29, 0.717) is 11.3 Å². The summed E-state index contributed by atoms with van der Waals surface area (Å²) in [6.45, 7) is 0. The predicted molar refractivity (Wildman–Crippen MR) is 111 cm³/mol. The molecule has 0 aliphatic rings. The molecule has 0 saturated carbocycles. The standard InChI is InChI=1S/C25H20O3/c1-27-23-17-21-15-9-8-14-20(21)16-22(23)25(26)28-24(18-10-4-2-5-11-18)19-12-6-3-7-13-19/h2-17,24H,1H3. The smallest absolute Gasteiger partial charge is 0.342 e. The van der Waals surface area contributed by atoms with E-state index in [1.165, 1.54) is 0 Å². The van der Waals surface area contributed by atoms with Crippen LogP contribution < -0.4 is 4.74 Å². The van der Waals surface area contributed by atoms with Gasteiger partial charge in [-0.2, -0.15) is 0 Å². The maximum Gasteiger partial charge on any atom is 0.342 e. The van der Waals surface area contributed by atoms with Gasteiger partial charge < -0.3 is 9.47 Å². The van der Waals surface area contributed by atoms with Crippen molar-refractivity contribution in [2.75, 3.05) is 7.11 Å². The Morgan fingerprint density at radius 3 is 1.75 bits per heavy atom.